The maximum atomic E-state index is 4.76. The van der Waals surface area contributed by atoms with E-state index in [0.717, 1.165) is 18.5 Å². The fraction of sp³-hybridized carbons (Fsp3) is 0.500. The molecule has 0 radical (unpaired) electrons. The summed E-state index contributed by atoms with van der Waals surface area (Å²) in [6.45, 7) is 7.92. The smallest absolute Gasteiger partial charge is 0.0705 e. The highest BCUT2D eigenvalue weighted by Crippen LogP contribution is 2.16. The number of aromatic nitrogens is 1. The van der Waals surface area contributed by atoms with Crippen LogP contribution in [0.15, 0.2) is 36.4 Å². The van der Waals surface area contributed by atoms with Crippen molar-refractivity contribution in [1.82, 2.24) is 10.3 Å². The summed E-state index contributed by atoms with van der Waals surface area (Å²) in [7, 11) is 0. The van der Waals surface area contributed by atoms with Crippen LogP contribution in [0.1, 0.15) is 39.3 Å². The molecular weight excluding hydrogens is 244 g/mol. The van der Waals surface area contributed by atoms with Crippen molar-refractivity contribution in [2.75, 3.05) is 6.54 Å². The third kappa shape index (κ3) is 4.31. The summed E-state index contributed by atoms with van der Waals surface area (Å²) >= 11 is 0. The van der Waals surface area contributed by atoms with Gasteiger partial charge in [-0.05, 0) is 50.8 Å². The van der Waals surface area contributed by atoms with Crippen molar-refractivity contribution in [2.45, 2.75) is 46.1 Å². The van der Waals surface area contributed by atoms with E-state index in [9.17, 15) is 0 Å². The Bertz CT molecular complexity index is 536. The molecule has 0 aliphatic carbocycles. The molecule has 0 aliphatic rings. The SMILES string of the molecule is CCCNC(C)CC(C)Cc1ccc2ccccc2n1. The van der Waals surface area contributed by atoms with Crippen LogP contribution in [0, 0.1) is 5.92 Å². The van der Waals surface area contributed by atoms with Crippen molar-refractivity contribution < 1.29 is 0 Å². The molecule has 1 aromatic heterocycles. The molecule has 0 aliphatic heterocycles. The second kappa shape index (κ2) is 7.39. The quantitative estimate of drug-likeness (QED) is 0.816. The van der Waals surface area contributed by atoms with Gasteiger partial charge >= 0.3 is 0 Å². The lowest BCUT2D eigenvalue weighted by molar-refractivity contribution is 0.418. The molecule has 2 rings (SSSR count). The van der Waals surface area contributed by atoms with E-state index in [2.05, 4.69) is 62.5 Å². The molecule has 2 atom stereocenters. The highest BCUT2D eigenvalue weighted by Gasteiger charge is 2.10. The molecule has 0 spiro atoms. The van der Waals surface area contributed by atoms with Gasteiger partial charge in [0.1, 0.15) is 0 Å². The van der Waals surface area contributed by atoms with Gasteiger partial charge in [0.15, 0.2) is 0 Å². The number of para-hydroxylation sites is 1. The Balaban J connectivity index is 1.93. The Labute approximate surface area is 122 Å². The third-order valence-electron chi connectivity index (χ3n) is 3.71. The first-order valence-electron chi connectivity index (χ1n) is 7.77. The lowest BCUT2D eigenvalue weighted by Gasteiger charge is -2.18. The average Bonchev–Trinajstić information content (AvgIpc) is 2.44. The lowest BCUT2D eigenvalue weighted by Crippen LogP contribution is -2.28. The molecule has 0 bridgehead atoms. The Hall–Kier alpha value is -1.41. The van der Waals surface area contributed by atoms with Gasteiger partial charge in [0, 0.05) is 17.1 Å². The number of rotatable bonds is 7. The number of hydrogen-bond donors (Lipinski definition) is 1. The molecule has 2 nitrogen and oxygen atoms in total. The number of nitrogens with zero attached hydrogens (tertiary/aromatic N) is 1. The zero-order chi connectivity index (χ0) is 14.4. The Kier molecular flexibility index (Phi) is 5.54. The molecule has 0 saturated carbocycles. The molecule has 20 heavy (non-hydrogen) atoms. The first kappa shape index (κ1) is 15.0. The van der Waals surface area contributed by atoms with Gasteiger partial charge in [0.25, 0.3) is 0 Å². The molecule has 0 fully saturated rings. The van der Waals surface area contributed by atoms with E-state index in [1.165, 1.54) is 23.9 Å². The van der Waals surface area contributed by atoms with Crippen LogP contribution < -0.4 is 5.32 Å². The van der Waals surface area contributed by atoms with Crippen LogP contribution >= 0.6 is 0 Å². The van der Waals surface area contributed by atoms with Crippen LogP contribution in [0.4, 0.5) is 0 Å². The van der Waals surface area contributed by atoms with Crippen LogP contribution in [0.3, 0.4) is 0 Å². The predicted octanol–water partition coefficient (Wildman–Crippen LogP) is 4.19. The minimum Gasteiger partial charge on any atom is -0.314 e. The van der Waals surface area contributed by atoms with Crippen molar-refractivity contribution in [2.24, 2.45) is 5.92 Å². The Morgan fingerprint density at radius 2 is 1.90 bits per heavy atom. The van der Waals surface area contributed by atoms with E-state index in [4.69, 9.17) is 4.98 Å². The second-order valence-electron chi connectivity index (χ2n) is 5.90. The summed E-state index contributed by atoms with van der Waals surface area (Å²) in [5, 5.41) is 4.78. The Morgan fingerprint density at radius 3 is 2.70 bits per heavy atom. The number of hydrogen-bond acceptors (Lipinski definition) is 2. The topological polar surface area (TPSA) is 24.9 Å². The van der Waals surface area contributed by atoms with E-state index in [1.54, 1.807) is 0 Å². The standard InChI is InChI=1S/C18H26N2/c1-4-11-19-15(3)12-14(2)13-17-10-9-16-7-5-6-8-18(16)20-17/h5-10,14-15,19H,4,11-13H2,1-3H3. The maximum Gasteiger partial charge on any atom is 0.0705 e. The monoisotopic (exact) mass is 270 g/mol. The van der Waals surface area contributed by atoms with Crippen LogP contribution in [0.2, 0.25) is 0 Å². The molecule has 0 saturated heterocycles. The van der Waals surface area contributed by atoms with E-state index in [-0.39, 0.29) is 0 Å². The van der Waals surface area contributed by atoms with Gasteiger partial charge in [-0.25, -0.2) is 0 Å². The van der Waals surface area contributed by atoms with Gasteiger partial charge in [0.05, 0.1) is 5.52 Å². The minimum absolute atomic E-state index is 0.588. The summed E-state index contributed by atoms with van der Waals surface area (Å²) in [4.78, 5) is 4.76. The van der Waals surface area contributed by atoms with Gasteiger partial charge in [-0.2, -0.15) is 0 Å². The highest BCUT2D eigenvalue weighted by atomic mass is 14.9. The molecule has 1 heterocycles. The molecule has 1 N–H and O–H groups in total. The third-order valence-corrected chi connectivity index (χ3v) is 3.71. The van der Waals surface area contributed by atoms with E-state index >= 15 is 0 Å². The van der Waals surface area contributed by atoms with Crippen molar-refractivity contribution in [3.63, 3.8) is 0 Å². The first-order valence-corrected chi connectivity index (χ1v) is 7.77. The number of pyridine rings is 1. The zero-order valence-corrected chi connectivity index (χ0v) is 12.9. The Morgan fingerprint density at radius 1 is 1.10 bits per heavy atom. The summed E-state index contributed by atoms with van der Waals surface area (Å²) in [6.07, 6.45) is 3.46. The van der Waals surface area contributed by atoms with Crippen LogP contribution in [0.5, 0.6) is 0 Å². The normalized spacial score (nSPS) is 14.3. The van der Waals surface area contributed by atoms with Crippen molar-refractivity contribution in [3.8, 4) is 0 Å². The highest BCUT2D eigenvalue weighted by molar-refractivity contribution is 5.78. The fourth-order valence-corrected chi connectivity index (χ4v) is 2.74. The van der Waals surface area contributed by atoms with Gasteiger partial charge in [0.2, 0.25) is 0 Å². The molecule has 1 aromatic carbocycles. The molecule has 108 valence electrons. The number of fused-ring (bicyclic) bond motifs is 1. The predicted molar refractivity (Wildman–Crippen MR) is 87.0 cm³/mol. The maximum absolute atomic E-state index is 4.76. The molecule has 2 heteroatoms. The summed E-state index contributed by atoms with van der Waals surface area (Å²) in [6, 6.07) is 13.3. The molecular formula is C18H26N2. The number of nitrogens with one attached hydrogen (secondary N) is 1. The molecule has 2 unspecified atom stereocenters. The van der Waals surface area contributed by atoms with Gasteiger partial charge in [-0.1, -0.05) is 38.1 Å². The van der Waals surface area contributed by atoms with Crippen LogP contribution in [-0.4, -0.2) is 17.6 Å². The largest absolute Gasteiger partial charge is 0.314 e. The second-order valence-corrected chi connectivity index (χ2v) is 5.90. The van der Waals surface area contributed by atoms with Crippen LogP contribution in [0.25, 0.3) is 10.9 Å². The average molecular weight is 270 g/mol. The van der Waals surface area contributed by atoms with Gasteiger partial charge in [-0.3, -0.25) is 4.98 Å². The molecule has 0 amide bonds. The van der Waals surface area contributed by atoms with Crippen LogP contribution in [-0.2, 0) is 6.42 Å². The van der Waals surface area contributed by atoms with E-state index < -0.39 is 0 Å². The first-order chi connectivity index (χ1) is 9.69. The van der Waals surface area contributed by atoms with Crippen molar-refractivity contribution in [3.05, 3.63) is 42.1 Å². The number of benzene rings is 1. The summed E-state index contributed by atoms with van der Waals surface area (Å²) in [5.74, 6) is 0.656. The minimum atomic E-state index is 0.588. The summed E-state index contributed by atoms with van der Waals surface area (Å²) in [5.41, 5.74) is 2.31. The van der Waals surface area contributed by atoms with Crippen molar-refractivity contribution >= 4 is 10.9 Å². The summed E-state index contributed by atoms with van der Waals surface area (Å²) < 4.78 is 0. The molecule has 2 aromatic rings. The zero-order valence-electron chi connectivity index (χ0n) is 12.9. The van der Waals surface area contributed by atoms with Gasteiger partial charge < -0.3 is 5.32 Å². The van der Waals surface area contributed by atoms with E-state index in [0.29, 0.717) is 12.0 Å². The fourth-order valence-electron chi connectivity index (χ4n) is 2.74. The lowest BCUT2D eigenvalue weighted by atomic mass is 9.97. The van der Waals surface area contributed by atoms with Crippen molar-refractivity contribution in [1.29, 1.82) is 0 Å². The van der Waals surface area contributed by atoms with Gasteiger partial charge in [-0.15, -0.1) is 0 Å². The van der Waals surface area contributed by atoms with E-state index in [1.807, 2.05) is 0 Å².